The van der Waals surface area contributed by atoms with Crippen molar-refractivity contribution in [2.75, 3.05) is 0 Å². The Morgan fingerprint density at radius 2 is 1.93 bits per heavy atom. The van der Waals surface area contributed by atoms with Crippen LogP contribution < -0.4 is 0 Å². The fourth-order valence-corrected chi connectivity index (χ4v) is 1.62. The minimum Gasteiger partial charge on any atom is -0.507 e. The van der Waals surface area contributed by atoms with Gasteiger partial charge in [-0.3, -0.25) is 0 Å². The molecule has 0 aliphatic heterocycles. The number of phenolic OH excluding ortho intramolecular Hbond substituents is 1. The molecule has 0 aliphatic rings. The van der Waals surface area contributed by atoms with E-state index in [1.165, 1.54) is 12.1 Å². The smallest absolute Gasteiger partial charge is 0.124 e. The number of hydrogen-bond acceptors (Lipinski definition) is 1. The van der Waals surface area contributed by atoms with Crippen molar-refractivity contribution in [3.8, 4) is 5.75 Å². The van der Waals surface area contributed by atoms with E-state index in [9.17, 15) is 9.50 Å². The average molecular weight is 217 g/mol. The molecule has 0 aromatic heterocycles. The van der Waals surface area contributed by atoms with Crippen LogP contribution in [0, 0.1) is 11.7 Å². The van der Waals surface area contributed by atoms with E-state index in [1.54, 1.807) is 0 Å². The summed E-state index contributed by atoms with van der Waals surface area (Å²) in [7, 11) is 0. The Morgan fingerprint density at radius 1 is 1.36 bits per heavy atom. The Hall–Kier alpha value is -0.760. The second kappa shape index (κ2) is 4.65. The maximum Gasteiger partial charge on any atom is 0.124 e. The quantitative estimate of drug-likeness (QED) is 0.768. The number of halogens is 2. The molecule has 0 aliphatic carbocycles. The first-order valence-corrected chi connectivity index (χ1v) is 5.14. The van der Waals surface area contributed by atoms with Gasteiger partial charge in [-0.1, -0.05) is 13.8 Å². The van der Waals surface area contributed by atoms with Gasteiger partial charge in [0, 0.05) is 5.56 Å². The predicted molar refractivity (Wildman–Crippen MR) is 56.2 cm³/mol. The van der Waals surface area contributed by atoms with Gasteiger partial charge in [0.25, 0.3) is 0 Å². The molecule has 1 rings (SSSR count). The molecule has 1 nitrogen and oxygen atoms in total. The van der Waals surface area contributed by atoms with Crippen LogP contribution in [0.4, 0.5) is 4.39 Å². The Kier molecular flexibility index (Phi) is 3.76. The lowest BCUT2D eigenvalue weighted by Crippen LogP contribution is -1.97. The highest BCUT2D eigenvalue weighted by Crippen LogP contribution is 2.27. The van der Waals surface area contributed by atoms with E-state index in [1.807, 2.05) is 13.8 Å². The van der Waals surface area contributed by atoms with Gasteiger partial charge in [0.15, 0.2) is 0 Å². The van der Waals surface area contributed by atoms with Gasteiger partial charge in [0.2, 0.25) is 0 Å². The fourth-order valence-electron chi connectivity index (χ4n) is 1.41. The van der Waals surface area contributed by atoms with E-state index in [4.69, 9.17) is 11.6 Å². The third-order valence-electron chi connectivity index (χ3n) is 2.00. The van der Waals surface area contributed by atoms with E-state index >= 15 is 0 Å². The van der Waals surface area contributed by atoms with Crippen LogP contribution in [-0.4, -0.2) is 5.11 Å². The Bertz CT molecular complexity index is 323. The van der Waals surface area contributed by atoms with E-state index in [0.717, 1.165) is 0 Å². The van der Waals surface area contributed by atoms with Gasteiger partial charge in [-0.15, -0.1) is 11.6 Å². The highest BCUT2D eigenvalue weighted by Gasteiger charge is 2.10. The Labute approximate surface area is 88.5 Å². The first kappa shape index (κ1) is 11.3. The second-order valence-electron chi connectivity index (χ2n) is 3.80. The Balaban J connectivity index is 3.08. The lowest BCUT2D eigenvalue weighted by Gasteiger charge is -2.10. The van der Waals surface area contributed by atoms with Crippen LogP contribution >= 0.6 is 11.6 Å². The summed E-state index contributed by atoms with van der Waals surface area (Å²) in [5.41, 5.74) is 1.10. The zero-order valence-corrected chi connectivity index (χ0v) is 9.11. The molecular weight excluding hydrogens is 203 g/mol. The summed E-state index contributed by atoms with van der Waals surface area (Å²) in [4.78, 5) is 0. The molecule has 0 saturated carbocycles. The molecule has 0 fully saturated rings. The van der Waals surface area contributed by atoms with Crippen LogP contribution in [0.15, 0.2) is 12.1 Å². The van der Waals surface area contributed by atoms with Crippen molar-refractivity contribution in [3.63, 3.8) is 0 Å². The fraction of sp³-hybridized carbons (Fsp3) is 0.455. The maximum absolute atomic E-state index is 13.1. The normalized spacial score (nSPS) is 10.9. The average Bonchev–Trinajstić information content (AvgIpc) is 2.09. The number of aromatic hydroxyl groups is 1. The van der Waals surface area contributed by atoms with Gasteiger partial charge in [-0.25, -0.2) is 4.39 Å². The molecule has 1 aromatic rings. The second-order valence-corrected chi connectivity index (χ2v) is 4.07. The maximum atomic E-state index is 13.1. The van der Waals surface area contributed by atoms with Gasteiger partial charge in [0.05, 0.1) is 5.88 Å². The van der Waals surface area contributed by atoms with Gasteiger partial charge >= 0.3 is 0 Å². The first-order chi connectivity index (χ1) is 6.54. The summed E-state index contributed by atoms with van der Waals surface area (Å²) in [6, 6.07) is 2.64. The summed E-state index contributed by atoms with van der Waals surface area (Å²) >= 11 is 5.59. The van der Waals surface area contributed by atoms with Crippen LogP contribution in [0.25, 0.3) is 0 Å². The van der Waals surface area contributed by atoms with E-state index in [0.29, 0.717) is 23.5 Å². The molecule has 1 aromatic carbocycles. The van der Waals surface area contributed by atoms with Gasteiger partial charge in [0.1, 0.15) is 11.6 Å². The van der Waals surface area contributed by atoms with Crippen LogP contribution in [0.1, 0.15) is 25.0 Å². The van der Waals surface area contributed by atoms with Gasteiger partial charge < -0.3 is 5.11 Å². The summed E-state index contributed by atoms with van der Waals surface area (Å²) in [6.45, 7) is 4.04. The molecule has 3 heteroatoms. The lowest BCUT2D eigenvalue weighted by atomic mass is 10.00. The van der Waals surface area contributed by atoms with E-state index in [2.05, 4.69) is 0 Å². The van der Waals surface area contributed by atoms with Crippen molar-refractivity contribution in [1.82, 2.24) is 0 Å². The molecule has 0 atom stereocenters. The first-order valence-electron chi connectivity index (χ1n) is 4.60. The molecule has 0 bridgehead atoms. The van der Waals surface area contributed by atoms with Crippen molar-refractivity contribution in [2.45, 2.75) is 26.1 Å². The number of hydrogen-bond donors (Lipinski definition) is 1. The molecule has 0 saturated heterocycles. The van der Waals surface area contributed by atoms with Crippen LogP contribution in [0.2, 0.25) is 0 Å². The molecule has 0 heterocycles. The Morgan fingerprint density at radius 3 is 2.43 bits per heavy atom. The zero-order valence-electron chi connectivity index (χ0n) is 8.35. The third kappa shape index (κ3) is 2.61. The summed E-state index contributed by atoms with van der Waals surface area (Å²) in [6.07, 6.45) is 0.660. The summed E-state index contributed by atoms with van der Waals surface area (Å²) in [5.74, 6) is 0.310. The molecular formula is C11H14ClFO. The lowest BCUT2D eigenvalue weighted by molar-refractivity contribution is 0.454. The molecule has 14 heavy (non-hydrogen) atoms. The number of rotatable bonds is 3. The molecule has 0 radical (unpaired) electrons. The van der Waals surface area contributed by atoms with Crippen LogP contribution in [0.3, 0.4) is 0 Å². The number of phenols is 1. The molecule has 0 spiro atoms. The topological polar surface area (TPSA) is 20.2 Å². The van der Waals surface area contributed by atoms with Crippen LogP contribution in [-0.2, 0) is 12.3 Å². The standard InChI is InChI=1S/C11H14ClFO/c1-7(2)3-8-4-10(13)5-9(6-12)11(8)14/h4-5,7,14H,3,6H2,1-2H3. The predicted octanol–water partition coefficient (Wildman–Crippen LogP) is 3.47. The zero-order chi connectivity index (χ0) is 10.7. The SMILES string of the molecule is CC(C)Cc1cc(F)cc(CCl)c1O. The van der Waals surface area contributed by atoms with Crippen molar-refractivity contribution in [1.29, 1.82) is 0 Å². The van der Waals surface area contributed by atoms with Crippen molar-refractivity contribution < 1.29 is 9.50 Å². The highest BCUT2D eigenvalue weighted by atomic mass is 35.5. The molecule has 78 valence electrons. The minimum absolute atomic E-state index is 0.134. The summed E-state index contributed by atoms with van der Waals surface area (Å²) < 4.78 is 13.1. The molecule has 0 unspecified atom stereocenters. The van der Waals surface area contributed by atoms with Gasteiger partial charge in [-0.2, -0.15) is 0 Å². The van der Waals surface area contributed by atoms with E-state index < -0.39 is 0 Å². The third-order valence-corrected chi connectivity index (χ3v) is 2.29. The van der Waals surface area contributed by atoms with Crippen LogP contribution in [0.5, 0.6) is 5.75 Å². The molecule has 1 N–H and O–H groups in total. The monoisotopic (exact) mass is 216 g/mol. The summed E-state index contributed by atoms with van der Waals surface area (Å²) in [5, 5.41) is 9.71. The number of alkyl halides is 1. The van der Waals surface area contributed by atoms with E-state index in [-0.39, 0.29) is 17.4 Å². The number of benzene rings is 1. The van der Waals surface area contributed by atoms with Crippen molar-refractivity contribution in [2.24, 2.45) is 5.92 Å². The molecule has 0 amide bonds. The minimum atomic E-state index is -0.339. The highest BCUT2D eigenvalue weighted by molar-refractivity contribution is 6.17. The van der Waals surface area contributed by atoms with Crippen molar-refractivity contribution >= 4 is 11.6 Å². The largest absolute Gasteiger partial charge is 0.507 e. The van der Waals surface area contributed by atoms with Gasteiger partial charge in [-0.05, 0) is 30.0 Å². The van der Waals surface area contributed by atoms with Crippen molar-refractivity contribution in [3.05, 3.63) is 29.1 Å².